The van der Waals surface area contributed by atoms with Gasteiger partial charge in [0, 0.05) is 6.04 Å². The highest BCUT2D eigenvalue weighted by atomic mass is 16.4. The molecule has 0 amide bonds. The highest BCUT2D eigenvalue weighted by Crippen LogP contribution is 2.35. The van der Waals surface area contributed by atoms with Crippen molar-refractivity contribution in [1.82, 2.24) is 10.2 Å². The van der Waals surface area contributed by atoms with Crippen molar-refractivity contribution in [2.24, 2.45) is 11.8 Å². The number of hydrogen-bond acceptors (Lipinski definition) is 5. The van der Waals surface area contributed by atoms with E-state index in [1.54, 1.807) is 0 Å². The average Bonchev–Trinajstić information content (AvgIpc) is 2.76. The fraction of sp³-hybridized carbons (Fsp3) is 0.800. The molecule has 0 saturated heterocycles. The van der Waals surface area contributed by atoms with Crippen molar-refractivity contribution < 1.29 is 4.42 Å². The predicted octanol–water partition coefficient (Wildman–Crippen LogP) is 1.89. The topological polar surface area (TPSA) is 77.0 Å². The van der Waals surface area contributed by atoms with Gasteiger partial charge in [-0.2, -0.15) is 0 Å². The quantitative estimate of drug-likeness (QED) is 0.796. The number of nitrogens with one attached hydrogen (secondary N) is 1. The van der Waals surface area contributed by atoms with Gasteiger partial charge in [-0.05, 0) is 24.7 Å². The van der Waals surface area contributed by atoms with E-state index >= 15 is 0 Å². The van der Waals surface area contributed by atoms with Gasteiger partial charge in [0.15, 0.2) is 0 Å². The summed E-state index contributed by atoms with van der Waals surface area (Å²) in [7, 11) is 0. The van der Waals surface area contributed by atoms with Gasteiger partial charge in [0.1, 0.15) is 0 Å². The summed E-state index contributed by atoms with van der Waals surface area (Å²) in [6, 6.07) is 1.01. The standard InChI is InChI=1S/C10H18N4O/c1-3-7-4-5-8(6(7)2)12-10-14-13-9(11)15-10/h6-8H,3-5H2,1-2H3,(H2,11,13)(H,12,14). The first-order valence-electron chi connectivity index (χ1n) is 5.56. The monoisotopic (exact) mass is 210 g/mol. The SMILES string of the molecule is CCC1CCC(Nc2nnc(N)o2)C1C. The Morgan fingerprint density at radius 1 is 1.47 bits per heavy atom. The predicted molar refractivity (Wildman–Crippen MR) is 58.3 cm³/mol. The number of nitrogens with two attached hydrogens (primary N) is 1. The molecule has 15 heavy (non-hydrogen) atoms. The molecule has 0 aliphatic heterocycles. The summed E-state index contributed by atoms with van der Waals surface area (Å²) in [4.78, 5) is 0. The van der Waals surface area contributed by atoms with Crippen molar-refractivity contribution in [2.45, 2.75) is 39.2 Å². The molecule has 1 heterocycles. The van der Waals surface area contributed by atoms with Crippen molar-refractivity contribution in [3.8, 4) is 0 Å². The summed E-state index contributed by atoms with van der Waals surface area (Å²) in [5, 5.41) is 10.7. The molecule has 1 aliphatic rings. The number of nitrogen functional groups attached to an aromatic ring is 1. The van der Waals surface area contributed by atoms with E-state index in [0.29, 0.717) is 18.0 Å². The van der Waals surface area contributed by atoms with Gasteiger partial charge < -0.3 is 15.5 Å². The Morgan fingerprint density at radius 2 is 2.27 bits per heavy atom. The smallest absolute Gasteiger partial charge is 0.317 e. The maximum Gasteiger partial charge on any atom is 0.317 e. The van der Waals surface area contributed by atoms with Gasteiger partial charge in [-0.25, -0.2) is 0 Å². The molecule has 3 atom stereocenters. The lowest BCUT2D eigenvalue weighted by Gasteiger charge is -2.19. The Labute approximate surface area is 89.4 Å². The molecular weight excluding hydrogens is 192 g/mol. The first kappa shape index (κ1) is 10.3. The number of rotatable bonds is 3. The summed E-state index contributed by atoms with van der Waals surface area (Å²) in [6.07, 6.45) is 3.69. The second-order valence-corrected chi connectivity index (χ2v) is 4.30. The number of anilines is 2. The molecule has 5 nitrogen and oxygen atoms in total. The van der Waals surface area contributed by atoms with Crippen LogP contribution in [-0.2, 0) is 0 Å². The molecule has 0 radical (unpaired) electrons. The average molecular weight is 210 g/mol. The summed E-state index contributed by atoms with van der Waals surface area (Å²) in [5.41, 5.74) is 5.36. The fourth-order valence-electron chi connectivity index (χ4n) is 2.48. The van der Waals surface area contributed by atoms with Gasteiger partial charge in [-0.15, -0.1) is 0 Å². The normalized spacial score (nSPS) is 30.7. The van der Waals surface area contributed by atoms with Crippen LogP contribution >= 0.6 is 0 Å². The molecular formula is C10H18N4O. The fourth-order valence-corrected chi connectivity index (χ4v) is 2.48. The molecule has 3 unspecified atom stereocenters. The molecule has 0 aromatic carbocycles. The van der Waals surface area contributed by atoms with Crippen molar-refractivity contribution >= 4 is 12.0 Å². The zero-order chi connectivity index (χ0) is 10.8. The van der Waals surface area contributed by atoms with Gasteiger partial charge in [-0.1, -0.05) is 30.5 Å². The van der Waals surface area contributed by atoms with Crippen LogP contribution in [0.2, 0.25) is 0 Å². The second kappa shape index (κ2) is 4.08. The van der Waals surface area contributed by atoms with Crippen molar-refractivity contribution in [3.63, 3.8) is 0 Å². The lowest BCUT2D eigenvalue weighted by atomic mass is 9.94. The van der Waals surface area contributed by atoms with Crippen LogP contribution in [0, 0.1) is 11.8 Å². The van der Waals surface area contributed by atoms with E-state index < -0.39 is 0 Å². The molecule has 1 aromatic heterocycles. The van der Waals surface area contributed by atoms with Crippen LogP contribution in [0.5, 0.6) is 0 Å². The first-order valence-corrected chi connectivity index (χ1v) is 5.56. The van der Waals surface area contributed by atoms with Gasteiger partial charge in [-0.3, -0.25) is 0 Å². The Morgan fingerprint density at radius 3 is 2.80 bits per heavy atom. The highest BCUT2D eigenvalue weighted by Gasteiger charge is 2.32. The zero-order valence-electron chi connectivity index (χ0n) is 9.23. The van der Waals surface area contributed by atoms with E-state index in [1.807, 2.05) is 0 Å². The molecule has 2 rings (SSSR count). The van der Waals surface area contributed by atoms with Gasteiger partial charge in [0.2, 0.25) is 0 Å². The third kappa shape index (κ3) is 2.06. The van der Waals surface area contributed by atoms with E-state index in [0.717, 1.165) is 5.92 Å². The highest BCUT2D eigenvalue weighted by molar-refractivity contribution is 5.25. The van der Waals surface area contributed by atoms with E-state index in [1.165, 1.54) is 19.3 Å². The minimum Gasteiger partial charge on any atom is -0.390 e. The maximum absolute atomic E-state index is 5.36. The Kier molecular flexibility index (Phi) is 2.79. The molecule has 3 N–H and O–H groups in total. The Hall–Kier alpha value is -1.26. The van der Waals surface area contributed by atoms with Crippen molar-refractivity contribution in [2.75, 3.05) is 11.1 Å². The van der Waals surface area contributed by atoms with Gasteiger partial charge >= 0.3 is 12.0 Å². The van der Waals surface area contributed by atoms with Crippen LogP contribution < -0.4 is 11.1 Å². The molecule has 1 aromatic rings. The van der Waals surface area contributed by atoms with Crippen LogP contribution in [0.1, 0.15) is 33.1 Å². The lowest BCUT2D eigenvalue weighted by Crippen LogP contribution is -2.24. The second-order valence-electron chi connectivity index (χ2n) is 4.30. The molecule has 0 bridgehead atoms. The Balaban J connectivity index is 1.96. The largest absolute Gasteiger partial charge is 0.390 e. The minimum atomic E-state index is 0.121. The van der Waals surface area contributed by atoms with E-state index in [2.05, 4.69) is 29.4 Å². The molecule has 5 heteroatoms. The number of aromatic nitrogens is 2. The van der Waals surface area contributed by atoms with Crippen LogP contribution in [0.3, 0.4) is 0 Å². The molecule has 84 valence electrons. The van der Waals surface area contributed by atoms with E-state index in [9.17, 15) is 0 Å². The van der Waals surface area contributed by atoms with Crippen LogP contribution in [0.25, 0.3) is 0 Å². The van der Waals surface area contributed by atoms with Gasteiger partial charge in [0.05, 0.1) is 0 Å². The molecule has 1 saturated carbocycles. The third-order valence-electron chi connectivity index (χ3n) is 3.50. The van der Waals surface area contributed by atoms with Crippen molar-refractivity contribution in [1.29, 1.82) is 0 Å². The maximum atomic E-state index is 5.36. The summed E-state index contributed by atoms with van der Waals surface area (Å²) in [6.45, 7) is 4.52. The number of nitrogens with zero attached hydrogens (tertiary/aromatic N) is 2. The summed E-state index contributed by atoms with van der Waals surface area (Å²) in [5.74, 6) is 1.46. The van der Waals surface area contributed by atoms with Crippen LogP contribution in [-0.4, -0.2) is 16.2 Å². The molecule has 1 fully saturated rings. The molecule has 1 aliphatic carbocycles. The van der Waals surface area contributed by atoms with Crippen molar-refractivity contribution in [3.05, 3.63) is 0 Å². The zero-order valence-corrected chi connectivity index (χ0v) is 9.23. The van der Waals surface area contributed by atoms with Crippen LogP contribution in [0.4, 0.5) is 12.0 Å². The third-order valence-corrected chi connectivity index (χ3v) is 3.50. The molecule has 0 spiro atoms. The lowest BCUT2D eigenvalue weighted by molar-refractivity contribution is 0.388. The first-order chi connectivity index (χ1) is 7.20. The summed E-state index contributed by atoms with van der Waals surface area (Å²) >= 11 is 0. The number of hydrogen-bond donors (Lipinski definition) is 2. The van der Waals surface area contributed by atoms with E-state index in [4.69, 9.17) is 10.2 Å². The van der Waals surface area contributed by atoms with E-state index in [-0.39, 0.29) is 6.01 Å². The minimum absolute atomic E-state index is 0.121. The summed E-state index contributed by atoms with van der Waals surface area (Å²) < 4.78 is 5.11. The van der Waals surface area contributed by atoms with Crippen LogP contribution in [0.15, 0.2) is 4.42 Å². The van der Waals surface area contributed by atoms with Gasteiger partial charge in [0.25, 0.3) is 0 Å². The Bertz CT molecular complexity index is 325.